The minimum atomic E-state index is -3.88. The van der Waals surface area contributed by atoms with Gasteiger partial charge in [0.05, 0.1) is 27.7 Å². The first-order valence-electron chi connectivity index (χ1n) is 11.7. The minimum absolute atomic E-state index is 0.232. The van der Waals surface area contributed by atoms with Crippen molar-refractivity contribution in [1.82, 2.24) is 0 Å². The van der Waals surface area contributed by atoms with Crippen LogP contribution in [0.5, 0.6) is 0 Å². The summed E-state index contributed by atoms with van der Waals surface area (Å²) in [6.45, 7) is 3.48. The van der Waals surface area contributed by atoms with Gasteiger partial charge in [0.25, 0.3) is 0 Å². The molecule has 6 heteroatoms. The number of phosphoric acid groups is 1. The molecule has 0 aliphatic rings. The van der Waals surface area contributed by atoms with Crippen LogP contribution in [0.1, 0.15) is 103 Å². The summed E-state index contributed by atoms with van der Waals surface area (Å²) in [5, 5.41) is 0. The number of likely N-dealkylation sites (N-methyl/N-ethyl adjacent to an activating group) is 1. The lowest BCUT2D eigenvalue weighted by Crippen LogP contribution is -2.37. The largest absolute Gasteiger partial charge is 0.472 e. The van der Waals surface area contributed by atoms with Gasteiger partial charge in [-0.25, -0.2) is 4.57 Å². The van der Waals surface area contributed by atoms with Crippen molar-refractivity contribution in [3.05, 3.63) is 0 Å². The monoisotopic (exact) mass is 422 g/mol. The Hall–Kier alpha value is 0.0700. The summed E-state index contributed by atoms with van der Waals surface area (Å²) < 4.78 is 22.5. The zero-order chi connectivity index (χ0) is 21.1. The quantitative estimate of drug-likeness (QED) is 0.127. The summed E-state index contributed by atoms with van der Waals surface area (Å²) in [6.07, 6.45) is 19.5. The van der Waals surface area contributed by atoms with Crippen molar-refractivity contribution in [2.24, 2.45) is 0 Å². The second-order valence-corrected chi connectivity index (χ2v) is 10.6. The Morgan fingerprint density at radius 3 is 1.39 bits per heavy atom. The van der Waals surface area contributed by atoms with Gasteiger partial charge in [0.1, 0.15) is 13.2 Å². The van der Waals surface area contributed by atoms with Crippen molar-refractivity contribution in [3.63, 3.8) is 0 Å². The Bertz CT molecular complexity index is 385. The molecule has 170 valence electrons. The first kappa shape index (κ1) is 28.1. The van der Waals surface area contributed by atoms with Crippen LogP contribution in [-0.2, 0) is 13.6 Å². The molecule has 0 heterocycles. The molecule has 5 nitrogen and oxygen atoms in total. The molecular weight excluding hydrogens is 373 g/mol. The van der Waals surface area contributed by atoms with Gasteiger partial charge in [-0.15, -0.1) is 0 Å². The van der Waals surface area contributed by atoms with E-state index in [1.165, 1.54) is 83.5 Å². The molecule has 1 unspecified atom stereocenters. The van der Waals surface area contributed by atoms with E-state index < -0.39 is 7.82 Å². The smallest absolute Gasteiger partial charge is 0.329 e. The van der Waals surface area contributed by atoms with Crippen molar-refractivity contribution in [1.29, 1.82) is 0 Å². The average molecular weight is 423 g/mol. The lowest BCUT2D eigenvalue weighted by Gasteiger charge is -2.24. The van der Waals surface area contributed by atoms with Crippen LogP contribution < -0.4 is 0 Å². The molecule has 0 fully saturated rings. The van der Waals surface area contributed by atoms with E-state index in [4.69, 9.17) is 9.05 Å². The maximum atomic E-state index is 11.8. The average Bonchev–Trinajstić information content (AvgIpc) is 2.60. The van der Waals surface area contributed by atoms with Gasteiger partial charge in [-0.2, -0.15) is 0 Å². The molecule has 0 radical (unpaired) electrons. The molecule has 0 amide bonds. The number of hydrogen-bond donors (Lipinski definition) is 1. The topological polar surface area (TPSA) is 55.8 Å². The maximum absolute atomic E-state index is 11.8. The first-order valence-corrected chi connectivity index (χ1v) is 13.2. The number of unbranched alkanes of at least 4 members (excludes halogenated alkanes) is 14. The zero-order valence-electron chi connectivity index (χ0n) is 19.3. The molecule has 0 bridgehead atoms. The second-order valence-electron chi connectivity index (χ2n) is 9.10. The van der Waals surface area contributed by atoms with E-state index in [0.717, 1.165) is 12.8 Å². The maximum Gasteiger partial charge on any atom is 0.472 e. The second kappa shape index (κ2) is 17.9. The van der Waals surface area contributed by atoms with Crippen LogP contribution in [0.15, 0.2) is 0 Å². The minimum Gasteiger partial charge on any atom is -0.329 e. The van der Waals surface area contributed by atoms with Gasteiger partial charge in [0, 0.05) is 0 Å². The SMILES string of the molecule is CCCCCCCCCCCCCCCCCOP(=O)(O)OCC[N+](C)(C)C. The van der Waals surface area contributed by atoms with Crippen LogP contribution in [-0.4, -0.2) is 50.3 Å². The molecule has 0 aromatic heterocycles. The first-order chi connectivity index (χ1) is 13.3. The van der Waals surface area contributed by atoms with Crippen molar-refractivity contribution >= 4 is 7.82 Å². The fraction of sp³-hybridized carbons (Fsp3) is 1.00. The molecule has 0 aliphatic heterocycles. The number of rotatable bonds is 21. The molecule has 28 heavy (non-hydrogen) atoms. The van der Waals surface area contributed by atoms with Gasteiger partial charge in [0.15, 0.2) is 0 Å². The third kappa shape index (κ3) is 22.4. The van der Waals surface area contributed by atoms with Crippen LogP contribution in [0.4, 0.5) is 0 Å². The van der Waals surface area contributed by atoms with Crippen molar-refractivity contribution in [3.8, 4) is 0 Å². The van der Waals surface area contributed by atoms with Gasteiger partial charge in [-0.3, -0.25) is 9.05 Å². The van der Waals surface area contributed by atoms with Crippen molar-refractivity contribution in [2.45, 2.75) is 103 Å². The predicted octanol–water partition coefficient (Wildman–Crippen LogP) is 6.70. The summed E-state index contributed by atoms with van der Waals surface area (Å²) in [6, 6.07) is 0. The van der Waals surface area contributed by atoms with Gasteiger partial charge in [-0.1, -0.05) is 96.8 Å². The molecule has 0 rings (SSSR count). The Labute approximate surface area is 175 Å². The zero-order valence-corrected chi connectivity index (χ0v) is 20.2. The third-order valence-corrected chi connectivity index (χ3v) is 6.04. The van der Waals surface area contributed by atoms with Crippen molar-refractivity contribution < 1.29 is 23.0 Å². The highest BCUT2D eigenvalue weighted by Gasteiger charge is 2.21. The van der Waals surface area contributed by atoms with E-state index in [1.807, 2.05) is 21.1 Å². The molecular formula is C22H49NO4P+. The van der Waals surface area contributed by atoms with Gasteiger partial charge >= 0.3 is 7.82 Å². The summed E-state index contributed by atoms with van der Waals surface area (Å²) in [7, 11) is 2.17. The van der Waals surface area contributed by atoms with E-state index in [1.54, 1.807) is 0 Å². The lowest BCUT2D eigenvalue weighted by atomic mass is 10.0. The summed E-state index contributed by atoms with van der Waals surface area (Å²) in [4.78, 5) is 9.63. The highest BCUT2D eigenvalue weighted by Crippen LogP contribution is 2.43. The fourth-order valence-electron chi connectivity index (χ4n) is 3.12. The molecule has 0 saturated carbocycles. The summed E-state index contributed by atoms with van der Waals surface area (Å²) in [5.41, 5.74) is 0. The molecule has 0 aromatic carbocycles. The standard InChI is InChI=1S/C22H48NO4P/c1-5-6-7-8-9-10-11-12-13-14-15-16-17-18-19-21-26-28(24,25)27-22-20-23(2,3)4/h5-22H2,1-4H3/p+1. The van der Waals surface area contributed by atoms with E-state index in [-0.39, 0.29) is 6.61 Å². The Morgan fingerprint density at radius 2 is 1.00 bits per heavy atom. The van der Waals surface area contributed by atoms with E-state index in [0.29, 0.717) is 17.6 Å². The lowest BCUT2D eigenvalue weighted by molar-refractivity contribution is -0.870. The molecule has 0 aromatic rings. The predicted molar refractivity (Wildman–Crippen MR) is 120 cm³/mol. The molecule has 0 saturated heterocycles. The molecule has 1 N–H and O–H groups in total. The number of hydrogen-bond acceptors (Lipinski definition) is 3. The van der Waals surface area contributed by atoms with Gasteiger partial charge in [-0.05, 0) is 6.42 Å². The van der Waals surface area contributed by atoms with Gasteiger partial charge in [0.2, 0.25) is 0 Å². The van der Waals surface area contributed by atoms with Crippen LogP contribution >= 0.6 is 7.82 Å². The number of nitrogens with zero attached hydrogens (tertiary/aromatic N) is 1. The van der Waals surface area contributed by atoms with Crippen molar-refractivity contribution in [2.75, 3.05) is 40.9 Å². The summed E-state index contributed by atoms with van der Waals surface area (Å²) in [5.74, 6) is 0. The summed E-state index contributed by atoms with van der Waals surface area (Å²) >= 11 is 0. The fourth-order valence-corrected chi connectivity index (χ4v) is 3.87. The van der Waals surface area contributed by atoms with E-state index in [2.05, 4.69) is 6.92 Å². The normalized spacial score (nSPS) is 14.3. The molecule has 0 aliphatic carbocycles. The van der Waals surface area contributed by atoms with E-state index >= 15 is 0 Å². The molecule has 1 atom stereocenters. The number of quaternary nitrogens is 1. The van der Waals surface area contributed by atoms with Gasteiger partial charge < -0.3 is 9.38 Å². The van der Waals surface area contributed by atoms with Crippen LogP contribution in [0.25, 0.3) is 0 Å². The van der Waals surface area contributed by atoms with Crippen LogP contribution in [0, 0.1) is 0 Å². The van der Waals surface area contributed by atoms with E-state index in [9.17, 15) is 9.46 Å². The van der Waals surface area contributed by atoms with Crippen LogP contribution in [0.3, 0.4) is 0 Å². The third-order valence-electron chi connectivity index (χ3n) is 5.02. The highest BCUT2D eigenvalue weighted by molar-refractivity contribution is 7.47. The van der Waals surface area contributed by atoms with Crippen LogP contribution in [0.2, 0.25) is 0 Å². The molecule has 0 spiro atoms. The Kier molecular flexibility index (Phi) is 17.9. The Balaban J connectivity index is 3.29. The number of phosphoric ester groups is 1. The Morgan fingerprint density at radius 1 is 0.643 bits per heavy atom. The highest BCUT2D eigenvalue weighted by atomic mass is 31.2.